The number of aliphatic hydroxyl groups excluding tert-OH is 2. The van der Waals surface area contributed by atoms with Crippen LogP contribution in [0.2, 0.25) is 0 Å². The third-order valence-electron chi connectivity index (χ3n) is 2.72. The molecule has 1 aromatic rings. The predicted molar refractivity (Wildman–Crippen MR) is 74.5 cm³/mol. The Morgan fingerprint density at radius 1 is 0.950 bits per heavy atom. The van der Waals surface area contributed by atoms with E-state index in [0.29, 0.717) is 0 Å². The molecule has 0 radical (unpaired) electrons. The Hall–Kier alpha value is -1.92. The minimum Gasteiger partial charge on any atom is -0.394 e. The molecule has 1 aromatic carbocycles. The molecule has 0 bridgehead atoms. The summed E-state index contributed by atoms with van der Waals surface area (Å²) in [6.07, 6.45) is 0. The largest absolute Gasteiger partial charge is 0.394 e. The van der Waals surface area contributed by atoms with E-state index in [2.05, 4.69) is 10.6 Å². The van der Waals surface area contributed by atoms with Gasteiger partial charge in [-0.1, -0.05) is 12.1 Å². The number of hydrogen-bond donors (Lipinski definition) is 4. The molecular formula is C14H20N2O4. The van der Waals surface area contributed by atoms with Crippen LogP contribution < -0.4 is 10.6 Å². The minimum absolute atomic E-state index is 0.179. The lowest BCUT2D eigenvalue weighted by Crippen LogP contribution is -2.38. The van der Waals surface area contributed by atoms with Crippen molar-refractivity contribution < 1.29 is 19.8 Å². The second-order valence-electron chi connectivity index (χ2n) is 4.66. The molecule has 0 aliphatic rings. The molecule has 0 aromatic heterocycles. The second kappa shape index (κ2) is 7.62. The second-order valence-corrected chi connectivity index (χ2v) is 4.66. The van der Waals surface area contributed by atoms with E-state index < -0.39 is 23.9 Å². The molecular weight excluding hydrogens is 260 g/mol. The van der Waals surface area contributed by atoms with Crippen LogP contribution in [-0.4, -0.2) is 47.3 Å². The Balaban J connectivity index is 2.93. The van der Waals surface area contributed by atoms with Gasteiger partial charge in [-0.25, -0.2) is 0 Å². The van der Waals surface area contributed by atoms with Gasteiger partial charge >= 0.3 is 0 Å². The van der Waals surface area contributed by atoms with Gasteiger partial charge in [0.25, 0.3) is 11.8 Å². The van der Waals surface area contributed by atoms with Crippen molar-refractivity contribution in [3.63, 3.8) is 0 Å². The van der Waals surface area contributed by atoms with Gasteiger partial charge in [-0.2, -0.15) is 0 Å². The van der Waals surface area contributed by atoms with Gasteiger partial charge < -0.3 is 20.8 Å². The number of carbonyl (C=O) groups is 2. The van der Waals surface area contributed by atoms with Crippen molar-refractivity contribution in [3.05, 3.63) is 35.4 Å². The van der Waals surface area contributed by atoms with Gasteiger partial charge in [0.2, 0.25) is 0 Å². The SMILES string of the molecule is C[C@@H](CO)NC(=O)c1ccccc1C(=O)N[C@@H](C)CO. The van der Waals surface area contributed by atoms with Gasteiger partial charge in [0.15, 0.2) is 0 Å². The van der Waals surface area contributed by atoms with Crippen LogP contribution in [0.25, 0.3) is 0 Å². The predicted octanol–water partition coefficient (Wildman–Crippen LogP) is -0.0922. The molecule has 0 aliphatic carbocycles. The quantitative estimate of drug-likeness (QED) is 0.585. The smallest absolute Gasteiger partial charge is 0.252 e. The van der Waals surface area contributed by atoms with E-state index in [1.54, 1.807) is 26.0 Å². The van der Waals surface area contributed by atoms with Crippen LogP contribution >= 0.6 is 0 Å². The summed E-state index contributed by atoms with van der Waals surface area (Å²) in [5.41, 5.74) is 0.464. The lowest BCUT2D eigenvalue weighted by molar-refractivity contribution is 0.0888. The van der Waals surface area contributed by atoms with Gasteiger partial charge in [0, 0.05) is 12.1 Å². The molecule has 0 saturated carbocycles. The summed E-state index contributed by atoms with van der Waals surface area (Å²) >= 11 is 0. The van der Waals surface area contributed by atoms with Gasteiger partial charge in [-0.05, 0) is 26.0 Å². The van der Waals surface area contributed by atoms with E-state index in [0.717, 1.165) is 0 Å². The normalized spacial score (nSPS) is 13.4. The summed E-state index contributed by atoms with van der Waals surface area (Å²) in [5.74, 6) is -0.845. The van der Waals surface area contributed by atoms with Crippen molar-refractivity contribution in [3.8, 4) is 0 Å². The van der Waals surface area contributed by atoms with E-state index in [1.807, 2.05) is 0 Å². The van der Waals surface area contributed by atoms with E-state index in [-0.39, 0.29) is 24.3 Å². The number of carbonyl (C=O) groups excluding carboxylic acids is 2. The lowest BCUT2D eigenvalue weighted by Gasteiger charge is -2.15. The molecule has 0 saturated heterocycles. The average molecular weight is 280 g/mol. The van der Waals surface area contributed by atoms with Crippen molar-refractivity contribution in [1.29, 1.82) is 0 Å². The van der Waals surface area contributed by atoms with Gasteiger partial charge in [0.05, 0.1) is 24.3 Å². The Bertz CT molecular complexity index is 433. The van der Waals surface area contributed by atoms with Crippen molar-refractivity contribution in [2.45, 2.75) is 25.9 Å². The number of rotatable bonds is 6. The van der Waals surface area contributed by atoms with Crippen LogP contribution in [0.1, 0.15) is 34.6 Å². The van der Waals surface area contributed by atoms with Crippen LogP contribution in [0, 0.1) is 0 Å². The lowest BCUT2D eigenvalue weighted by atomic mass is 10.1. The molecule has 4 N–H and O–H groups in total. The van der Waals surface area contributed by atoms with Crippen LogP contribution in [0.3, 0.4) is 0 Å². The molecule has 6 heteroatoms. The topological polar surface area (TPSA) is 98.7 Å². The zero-order chi connectivity index (χ0) is 15.1. The Kier molecular flexibility index (Phi) is 6.14. The fraction of sp³-hybridized carbons (Fsp3) is 0.429. The van der Waals surface area contributed by atoms with Crippen molar-refractivity contribution in [2.75, 3.05) is 13.2 Å². The first-order valence-corrected chi connectivity index (χ1v) is 6.42. The molecule has 0 aliphatic heterocycles. The Morgan fingerprint density at radius 2 is 1.30 bits per heavy atom. The van der Waals surface area contributed by atoms with E-state index >= 15 is 0 Å². The number of hydrogen-bond acceptors (Lipinski definition) is 4. The standard InChI is InChI=1S/C14H20N2O4/c1-9(7-17)15-13(19)11-5-3-4-6-12(11)14(20)16-10(2)8-18/h3-6,9-10,17-18H,7-8H2,1-2H3,(H,15,19)(H,16,20)/t9-,10-/m0/s1. The number of nitrogens with one attached hydrogen (secondary N) is 2. The van der Waals surface area contributed by atoms with Crippen LogP contribution in [0.4, 0.5) is 0 Å². The Labute approximate surface area is 117 Å². The molecule has 0 heterocycles. The highest BCUT2D eigenvalue weighted by Crippen LogP contribution is 2.09. The Morgan fingerprint density at radius 3 is 1.60 bits per heavy atom. The third-order valence-corrected chi connectivity index (χ3v) is 2.72. The molecule has 2 atom stereocenters. The molecule has 2 amide bonds. The minimum atomic E-state index is -0.422. The van der Waals surface area contributed by atoms with Gasteiger partial charge in [-0.15, -0.1) is 0 Å². The molecule has 1 rings (SSSR count). The molecule has 0 spiro atoms. The average Bonchev–Trinajstić information content (AvgIpc) is 2.46. The first-order chi connectivity index (χ1) is 9.49. The summed E-state index contributed by atoms with van der Waals surface area (Å²) in [4.78, 5) is 24.1. The maximum Gasteiger partial charge on any atom is 0.252 e. The molecule has 0 unspecified atom stereocenters. The summed E-state index contributed by atoms with van der Waals surface area (Å²) in [5, 5.41) is 23.1. The van der Waals surface area contributed by atoms with Crippen molar-refractivity contribution in [2.24, 2.45) is 0 Å². The van der Waals surface area contributed by atoms with Crippen LogP contribution in [0.15, 0.2) is 24.3 Å². The van der Waals surface area contributed by atoms with Crippen LogP contribution in [-0.2, 0) is 0 Å². The van der Waals surface area contributed by atoms with Gasteiger partial charge in [0.1, 0.15) is 0 Å². The fourth-order valence-electron chi connectivity index (χ4n) is 1.57. The molecule has 110 valence electrons. The monoisotopic (exact) mass is 280 g/mol. The molecule has 6 nitrogen and oxygen atoms in total. The number of aliphatic hydroxyl groups is 2. The van der Waals surface area contributed by atoms with Gasteiger partial charge in [-0.3, -0.25) is 9.59 Å². The highest BCUT2D eigenvalue weighted by atomic mass is 16.3. The van der Waals surface area contributed by atoms with Crippen molar-refractivity contribution in [1.82, 2.24) is 10.6 Å². The third kappa shape index (κ3) is 4.32. The summed E-state index contributed by atoms with van der Waals surface area (Å²) in [6, 6.07) is 5.61. The van der Waals surface area contributed by atoms with Crippen molar-refractivity contribution >= 4 is 11.8 Å². The number of benzene rings is 1. The fourth-order valence-corrected chi connectivity index (χ4v) is 1.57. The maximum atomic E-state index is 12.0. The van der Waals surface area contributed by atoms with E-state index in [4.69, 9.17) is 10.2 Å². The summed E-state index contributed by atoms with van der Waals surface area (Å²) in [6.45, 7) is 2.96. The highest BCUT2D eigenvalue weighted by Gasteiger charge is 2.18. The first kappa shape index (κ1) is 16.1. The van der Waals surface area contributed by atoms with E-state index in [9.17, 15) is 9.59 Å². The maximum absolute atomic E-state index is 12.0. The zero-order valence-corrected chi connectivity index (χ0v) is 11.6. The zero-order valence-electron chi connectivity index (χ0n) is 11.6. The number of amides is 2. The molecule has 0 fully saturated rings. The summed E-state index contributed by atoms with van der Waals surface area (Å²) < 4.78 is 0. The van der Waals surface area contributed by atoms with Crippen LogP contribution in [0.5, 0.6) is 0 Å². The highest BCUT2D eigenvalue weighted by molar-refractivity contribution is 6.07. The van der Waals surface area contributed by atoms with E-state index in [1.165, 1.54) is 12.1 Å². The summed E-state index contributed by atoms with van der Waals surface area (Å²) in [7, 11) is 0. The molecule has 20 heavy (non-hydrogen) atoms. The first-order valence-electron chi connectivity index (χ1n) is 6.42.